The molecule has 0 heterocycles. The smallest absolute Gasteiger partial charge is 0.334 e. The van der Waals surface area contributed by atoms with Crippen molar-refractivity contribution in [2.24, 2.45) is 23.7 Å². The van der Waals surface area contributed by atoms with Crippen LogP contribution in [0.25, 0.3) is 5.57 Å². The molecule has 132 valence electrons. The lowest BCUT2D eigenvalue weighted by atomic mass is 9.61. The molecule has 0 saturated heterocycles. The number of allylic oxidation sites excluding steroid dienone is 1. The van der Waals surface area contributed by atoms with Gasteiger partial charge in [0, 0.05) is 29.2 Å². The molecule has 2 bridgehead atoms. The molecular formula is C22H26O3. The van der Waals surface area contributed by atoms with E-state index < -0.39 is 0 Å². The molecule has 3 aliphatic carbocycles. The van der Waals surface area contributed by atoms with Crippen LogP contribution in [0.4, 0.5) is 0 Å². The third kappa shape index (κ3) is 2.56. The van der Waals surface area contributed by atoms with E-state index in [2.05, 4.69) is 45.1 Å². The van der Waals surface area contributed by atoms with Gasteiger partial charge in [0.05, 0.1) is 18.3 Å². The maximum absolute atomic E-state index is 12.7. The fraction of sp³-hybridized carbons (Fsp3) is 0.500. The molecule has 3 nitrogen and oxygen atoms in total. The highest BCUT2D eigenvalue weighted by molar-refractivity contribution is 6.03. The zero-order valence-corrected chi connectivity index (χ0v) is 15.4. The minimum Gasteiger partial charge on any atom is -0.463 e. The van der Waals surface area contributed by atoms with Crippen molar-refractivity contribution in [3.05, 3.63) is 53.6 Å². The van der Waals surface area contributed by atoms with Crippen molar-refractivity contribution in [2.75, 3.05) is 6.61 Å². The topological polar surface area (TPSA) is 35.5 Å². The third-order valence-electron chi connectivity index (χ3n) is 5.56. The largest absolute Gasteiger partial charge is 0.463 e. The second kappa shape index (κ2) is 5.84. The maximum Gasteiger partial charge on any atom is 0.334 e. The monoisotopic (exact) mass is 338 g/mol. The van der Waals surface area contributed by atoms with Crippen LogP contribution in [0.3, 0.4) is 0 Å². The molecule has 25 heavy (non-hydrogen) atoms. The van der Waals surface area contributed by atoms with Gasteiger partial charge in [-0.3, -0.25) is 0 Å². The number of esters is 1. The molecule has 0 N–H and O–H groups in total. The summed E-state index contributed by atoms with van der Waals surface area (Å²) < 4.78 is 11.8. The summed E-state index contributed by atoms with van der Waals surface area (Å²) in [6.45, 7) is 8.58. The summed E-state index contributed by atoms with van der Waals surface area (Å²) in [5.41, 5.74) is 3.00. The highest BCUT2D eigenvalue weighted by Gasteiger charge is 2.62. The van der Waals surface area contributed by atoms with Crippen LogP contribution in [-0.4, -0.2) is 24.3 Å². The molecule has 1 saturated carbocycles. The normalized spacial score (nSPS) is 32.6. The van der Waals surface area contributed by atoms with E-state index in [0.717, 1.165) is 11.1 Å². The maximum atomic E-state index is 12.7. The summed E-state index contributed by atoms with van der Waals surface area (Å²) in [5.74, 6) is 1.07. The molecule has 4 rings (SSSR count). The first kappa shape index (κ1) is 16.6. The Morgan fingerprint density at radius 3 is 2.28 bits per heavy atom. The van der Waals surface area contributed by atoms with Gasteiger partial charge in [0.2, 0.25) is 0 Å². The minimum absolute atomic E-state index is 0.153. The number of carbonyl (C=O) groups is 1. The molecule has 0 aromatic heterocycles. The summed E-state index contributed by atoms with van der Waals surface area (Å²) in [5, 5.41) is 0. The Kier molecular flexibility index (Phi) is 3.88. The van der Waals surface area contributed by atoms with Crippen molar-refractivity contribution >= 4 is 11.5 Å². The van der Waals surface area contributed by atoms with Crippen LogP contribution in [0.2, 0.25) is 0 Å². The van der Waals surface area contributed by atoms with Crippen LogP contribution in [-0.2, 0) is 14.3 Å². The van der Waals surface area contributed by atoms with Crippen molar-refractivity contribution in [1.82, 2.24) is 0 Å². The molecule has 0 spiro atoms. The quantitative estimate of drug-likeness (QED) is 0.608. The first-order chi connectivity index (χ1) is 11.9. The lowest BCUT2D eigenvalue weighted by molar-refractivity contribution is -0.139. The van der Waals surface area contributed by atoms with Crippen LogP contribution in [0.1, 0.15) is 33.3 Å². The second-order valence-corrected chi connectivity index (χ2v) is 8.20. The predicted octanol–water partition coefficient (Wildman–Crippen LogP) is 4.25. The van der Waals surface area contributed by atoms with E-state index in [0.29, 0.717) is 18.4 Å². The Morgan fingerprint density at radius 1 is 1.04 bits per heavy atom. The number of fused-ring (bicyclic) bond motifs is 5. The fourth-order valence-electron chi connectivity index (χ4n) is 4.85. The Hall–Kier alpha value is -1.87. The zero-order valence-electron chi connectivity index (χ0n) is 15.4. The minimum atomic E-state index is -0.187. The lowest BCUT2D eigenvalue weighted by Gasteiger charge is -2.41. The average molecular weight is 338 g/mol. The molecule has 3 heteroatoms. The van der Waals surface area contributed by atoms with Gasteiger partial charge in [0.25, 0.3) is 0 Å². The highest BCUT2D eigenvalue weighted by Crippen LogP contribution is 2.64. The number of benzene rings is 1. The molecule has 0 unspecified atom stereocenters. The van der Waals surface area contributed by atoms with Gasteiger partial charge in [-0.2, -0.15) is 0 Å². The number of hydrogen-bond donors (Lipinski definition) is 0. The Balaban J connectivity index is 1.72. The van der Waals surface area contributed by atoms with Gasteiger partial charge >= 0.3 is 5.97 Å². The molecule has 1 aromatic carbocycles. The molecular weight excluding hydrogens is 312 g/mol. The van der Waals surface area contributed by atoms with Crippen LogP contribution in [0.15, 0.2) is 48.1 Å². The van der Waals surface area contributed by atoms with Gasteiger partial charge in [-0.1, -0.05) is 42.5 Å². The number of rotatable bonds is 4. The second-order valence-electron chi connectivity index (χ2n) is 8.20. The van der Waals surface area contributed by atoms with Crippen molar-refractivity contribution in [3.63, 3.8) is 0 Å². The Morgan fingerprint density at radius 2 is 1.68 bits per heavy atom. The molecule has 5 atom stereocenters. The molecule has 0 amide bonds. The summed E-state index contributed by atoms with van der Waals surface area (Å²) in [7, 11) is 0. The molecule has 1 fully saturated rings. The number of hydrogen-bond acceptors (Lipinski definition) is 3. The van der Waals surface area contributed by atoms with E-state index >= 15 is 0 Å². The van der Waals surface area contributed by atoms with Gasteiger partial charge in [-0.15, -0.1) is 0 Å². The van der Waals surface area contributed by atoms with Crippen LogP contribution >= 0.6 is 0 Å². The molecule has 0 aliphatic heterocycles. The van der Waals surface area contributed by atoms with Gasteiger partial charge in [-0.25, -0.2) is 4.79 Å². The van der Waals surface area contributed by atoms with Crippen LogP contribution in [0.5, 0.6) is 0 Å². The lowest BCUT2D eigenvalue weighted by Crippen LogP contribution is -2.37. The van der Waals surface area contributed by atoms with Crippen molar-refractivity contribution in [1.29, 1.82) is 0 Å². The van der Waals surface area contributed by atoms with E-state index in [4.69, 9.17) is 9.47 Å². The van der Waals surface area contributed by atoms with E-state index in [1.54, 1.807) is 0 Å². The van der Waals surface area contributed by atoms with Crippen LogP contribution < -0.4 is 0 Å². The number of carbonyl (C=O) groups excluding carboxylic acids is 1. The van der Waals surface area contributed by atoms with Gasteiger partial charge < -0.3 is 9.47 Å². The number of ether oxygens (including phenoxy) is 2. The third-order valence-corrected chi connectivity index (χ3v) is 5.56. The SMILES string of the molecule is CCOC(=O)C1=C(c2ccccc2)[C@@H]2[C@H]3C=C[C@H]([C@H]3OC(C)(C)C)[C@H]12. The first-order valence-corrected chi connectivity index (χ1v) is 9.25. The van der Waals surface area contributed by atoms with Crippen molar-refractivity contribution in [3.8, 4) is 0 Å². The summed E-state index contributed by atoms with van der Waals surface area (Å²) in [6, 6.07) is 10.3. The van der Waals surface area contributed by atoms with Gasteiger partial charge in [0.15, 0.2) is 0 Å². The zero-order chi connectivity index (χ0) is 17.8. The summed E-state index contributed by atoms with van der Waals surface area (Å²) in [4.78, 5) is 12.7. The van der Waals surface area contributed by atoms with E-state index in [1.165, 1.54) is 5.57 Å². The van der Waals surface area contributed by atoms with E-state index in [1.807, 2.05) is 25.1 Å². The Bertz CT molecular complexity index is 738. The summed E-state index contributed by atoms with van der Waals surface area (Å²) in [6.07, 6.45) is 4.71. The highest BCUT2D eigenvalue weighted by atomic mass is 16.5. The van der Waals surface area contributed by atoms with E-state index in [9.17, 15) is 4.79 Å². The van der Waals surface area contributed by atoms with Gasteiger partial charge in [-0.05, 0) is 38.8 Å². The van der Waals surface area contributed by atoms with Crippen molar-refractivity contribution in [2.45, 2.75) is 39.4 Å². The molecule has 1 aromatic rings. The Labute approximate surface area is 149 Å². The fourth-order valence-corrected chi connectivity index (χ4v) is 4.85. The predicted molar refractivity (Wildman–Crippen MR) is 97.7 cm³/mol. The average Bonchev–Trinajstić information content (AvgIpc) is 2.99. The molecule has 0 radical (unpaired) electrons. The van der Waals surface area contributed by atoms with Gasteiger partial charge in [0.1, 0.15) is 0 Å². The van der Waals surface area contributed by atoms with E-state index in [-0.39, 0.29) is 29.5 Å². The van der Waals surface area contributed by atoms with Crippen LogP contribution in [0, 0.1) is 23.7 Å². The first-order valence-electron chi connectivity index (χ1n) is 9.25. The molecule has 3 aliphatic rings. The summed E-state index contributed by atoms with van der Waals surface area (Å²) >= 11 is 0. The van der Waals surface area contributed by atoms with Crippen molar-refractivity contribution < 1.29 is 14.3 Å². The standard InChI is InChI=1S/C22H26O3/c1-5-24-21(23)19-16(13-9-7-6-8-10-13)17-14-11-12-15(18(17)19)20(14)25-22(2,3)4/h6-12,14-15,17-18,20H,5H2,1-4H3/t14-,15+,17+,18+,20+/m1/s1.